The molecule has 1 N–H and O–H groups in total. The predicted octanol–water partition coefficient (Wildman–Crippen LogP) is 4.45. The first kappa shape index (κ1) is 18.5. The summed E-state index contributed by atoms with van der Waals surface area (Å²) in [5, 5.41) is 9.13. The number of rotatable bonds is 3. The molecule has 0 saturated carbocycles. The normalized spacial score (nSPS) is 14.9. The van der Waals surface area contributed by atoms with Crippen LogP contribution >= 0.6 is 11.3 Å². The van der Waals surface area contributed by atoms with Crippen molar-refractivity contribution in [2.75, 3.05) is 5.32 Å². The topological polar surface area (TPSA) is 85.6 Å². The monoisotopic (exact) mass is 418 g/mol. The maximum atomic E-state index is 12.7. The molecular formula is C22H18N4O3S. The largest absolute Gasteiger partial charge is 0.487 e. The smallest absolute Gasteiger partial charge is 0.258 e. The fourth-order valence-electron chi connectivity index (χ4n) is 3.51. The number of ether oxygens (including phenoxy) is 1. The number of benzene rings is 2. The number of hydrogen-bond donors (Lipinski definition) is 1. The Morgan fingerprint density at radius 3 is 2.80 bits per heavy atom. The fourth-order valence-corrected chi connectivity index (χ4v) is 4.34. The molecule has 150 valence electrons. The number of thiazole rings is 1. The van der Waals surface area contributed by atoms with Crippen molar-refractivity contribution in [3.8, 4) is 17.0 Å². The van der Waals surface area contributed by atoms with Gasteiger partial charge in [0.2, 0.25) is 4.96 Å². The van der Waals surface area contributed by atoms with Gasteiger partial charge in [0.1, 0.15) is 11.4 Å². The van der Waals surface area contributed by atoms with Crippen molar-refractivity contribution in [3.63, 3.8) is 0 Å². The van der Waals surface area contributed by atoms with Crippen molar-refractivity contribution in [2.45, 2.75) is 25.9 Å². The van der Waals surface area contributed by atoms with Gasteiger partial charge in [-0.15, -0.1) is 16.4 Å². The molecule has 0 fully saturated rings. The van der Waals surface area contributed by atoms with Crippen molar-refractivity contribution < 1.29 is 14.3 Å². The third kappa shape index (κ3) is 3.25. The molecule has 4 aromatic rings. The zero-order chi connectivity index (χ0) is 20.9. The van der Waals surface area contributed by atoms with Crippen molar-refractivity contribution >= 4 is 33.9 Å². The number of hydrogen-bond acceptors (Lipinski definition) is 6. The van der Waals surface area contributed by atoms with Gasteiger partial charge in [-0.1, -0.05) is 30.3 Å². The summed E-state index contributed by atoms with van der Waals surface area (Å²) in [6.45, 7) is 3.74. The van der Waals surface area contributed by atoms with Crippen LogP contribution in [0.1, 0.15) is 41.0 Å². The standard InChI is InChI=1S/C22H18N4O3S/c1-22(2)11-17(27)15-10-14(8-9-18(15)29-22)19(28)23-20-24-21-26(25-20)16(12-30-21)13-6-4-3-5-7-13/h3-10,12H,11H2,1-2H3,(H,23,25,28). The van der Waals surface area contributed by atoms with Gasteiger partial charge in [-0.3, -0.25) is 14.9 Å². The molecule has 0 radical (unpaired) electrons. The van der Waals surface area contributed by atoms with Crippen LogP contribution < -0.4 is 10.1 Å². The van der Waals surface area contributed by atoms with Gasteiger partial charge in [-0.25, -0.2) is 4.52 Å². The molecule has 0 unspecified atom stereocenters. The van der Waals surface area contributed by atoms with E-state index in [-0.39, 0.29) is 24.1 Å². The summed E-state index contributed by atoms with van der Waals surface area (Å²) >= 11 is 1.45. The number of amides is 1. The molecule has 1 aliphatic rings. The first-order chi connectivity index (χ1) is 14.4. The lowest BCUT2D eigenvalue weighted by Gasteiger charge is -2.31. The highest BCUT2D eigenvalue weighted by atomic mass is 32.1. The number of carbonyl (C=O) groups is 2. The second-order valence-corrected chi connectivity index (χ2v) is 8.58. The summed E-state index contributed by atoms with van der Waals surface area (Å²) < 4.78 is 7.56. The number of anilines is 1. The molecule has 0 spiro atoms. The lowest BCUT2D eigenvalue weighted by atomic mass is 9.92. The Bertz CT molecular complexity index is 1290. The van der Waals surface area contributed by atoms with Crippen molar-refractivity contribution in [3.05, 3.63) is 65.0 Å². The van der Waals surface area contributed by atoms with E-state index < -0.39 is 5.60 Å². The highest BCUT2D eigenvalue weighted by molar-refractivity contribution is 7.15. The average molecular weight is 418 g/mol. The van der Waals surface area contributed by atoms with Crippen LogP contribution in [0, 0.1) is 0 Å². The Labute approximate surface area is 176 Å². The number of nitrogens with one attached hydrogen (secondary N) is 1. The Balaban J connectivity index is 1.41. The summed E-state index contributed by atoms with van der Waals surface area (Å²) in [6, 6.07) is 14.7. The number of Topliss-reactive ketones (excluding diaryl/α,β-unsaturated/α-hetero) is 1. The van der Waals surface area contributed by atoms with E-state index in [1.165, 1.54) is 11.3 Å². The van der Waals surface area contributed by atoms with E-state index in [2.05, 4.69) is 15.4 Å². The molecule has 2 aromatic heterocycles. The van der Waals surface area contributed by atoms with E-state index in [1.807, 2.05) is 49.6 Å². The molecule has 2 aromatic carbocycles. The highest BCUT2D eigenvalue weighted by Crippen LogP contribution is 2.33. The van der Waals surface area contributed by atoms with Crippen LogP contribution in [0.4, 0.5) is 5.95 Å². The fraction of sp³-hybridized carbons (Fsp3) is 0.182. The van der Waals surface area contributed by atoms with E-state index in [0.717, 1.165) is 11.3 Å². The lowest BCUT2D eigenvalue weighted by Crippen LogP contribution is -2.36. The van der Waals surface area contributed by atoms with Gasteiger partial charge in [-0.05, 0) is 32.0 Å². The Morgan fingerprint density at radius 1 is 1.20 bits per heavy atom. The first-order valence-electron chi connectivity index (χ1n) is 9.47. The van der Waals surface area contributed by atoms with Crippen LogP contribution in [0.25, 0.3) is 16.2 Å². The quantitative estimate of drug-likeness (QED) is 0.531. The second kappa shape index (κ2) is 6.77. The summed E-state index contributed by atoms with van der Waals surface area (Å²) in [5.74, 6) is 0.297. The van der Waals surface area contributed by atoms with Gasteiger partial charge in [0, 0.05) is 16.5 Å². The molecular weight excluding hydrogens is 400 g/mol. The summed E-state index contributed by atoms with van der Waals surface area (Å²) in [6.07, 6.45) is 0.270. The Morgan fingerprint density at radius 2 is 2.00 bits per heavy atom. The number of carbonyl (C=O) groups excluding carboxylic acids is 2. The molecule has 3 heterocycles. The number of fused-ring (bicyclic) bond motifs is 2. The number of nitrogens with zero attached hydrogens (tertiary/aromatic N) is 3. The molecule has 1 aliphatic heterocycles. The Hall–Kier alpha value is -3.52. The SMILES string of the molecule is CC1(C)CC(=O)c2cc(C(=O)Nc3nc4scc(-c5ccccc5)n4n3)ccc2O1. The zero-order valence-corrected chi connectivity index (χ0v) is 17.2. The molecule has 0 bridgehead atoms. The van der Waals surface area contributed by atoms with Gasteiger partial charge in [-0.2, -0.15) is 4.98 Å². The molecule has 7 nitrogen and oxygen atoms in total. The molecule has 30 heavy (non-hydrogen) atoms. The van der Waals surface area contributed by atoms with E-state index in [1.54, 1.807) is 22.7 Å². The molecule has 5 rings (SSSR count). The van der Waals surface area contributed by atoms with E-state index in [9.17, 15) is 9.59 Å². The van der Waals surface area contributed by atoms with Crippen LogP contribution in [-0.2, 0) is 0 Å². The van der Waals surface area contributed by atoms with Crippen molar-refractivity contribution in [2.24, 2.45) is 0 Å². The van der Waals surface area contributed by atoms with Gasteiger partial charge in [0.25, 0.3) is 11.9 Å². The maximum absolute atomic E-state index is 12.7. The van der Waals surface area contributed by atoms with Crippen LogP contribution in [0.15, 0.2) is 53.9 Å². The first-order valence-corrected chi connectivity index (χ1v) is 10.3. The van der Waals surface area contributed by atoms with Gasteiger partial charge in [0.15, 0.2) is 5.78 Å². The maximum Gasteiger partial charge on any atom is 0.258 e. The third-order valence-electron chi connectivity index (χ3n) is 4.89. The minimum absolute atomic E-state index is 0.0379. The molecule has 0 aliphatic carbocycles. The second-order valence-electron chi connectivity index (χ2n) is 7.74. The summed E-state index contributed by atoms with van der Waals surface area (Å²) in [4.78, 5) is 30.3. The van der Waals surface area contributed by atoms with Gasteiger partial charge in [0.05, 0.1) is 17.7 Å². The predicted molar refractivity (Wildman–Crippen MR) is 114 cm³/mol. The van der Waals surface area contributed by atoms with Crippen molar-refractivity contribution in [1.29, 1.82) is 0 Å². The minimum Gasteiger partial charge on any atom is -0.487 e. The zero-order valence-electron chi connectivity index (χ0n) is 16.4. The third-order valence-corrected chi connectivity index (χ3v) is 5.71. The highest BCUT2D eigenvalue weighted by Gasteiger charge is 2.33. The summed E-state index contributed by atoms with van der Waals surface area (Å²) in [7, 11) is 0. The minimum atomic E-state index is -0.545. The van der Waals surface area contributed by atoms with Crippen LogP contribution in [0.3, 0.4) is 0 Å². The van der Waals surface area contributed by atoms with E-state index >= 15 is 0 Å². The summed E-state index contributed by atoms with van der Waals surface area (Å²) in [5.41, 5.74) is 2.15. The van der Waals surface area contributed by atoms with Crippen LogP contribution in [-0.4, -0.2) is 31.9 Å². The lowest BCUT2D eigenvalue weighted by molar-refractivity contribution is 0.0620. The molecule has 1 amide bonds. The van der Waals surface area contributed by atoms with E-state index in [4.69, 9.17) is 4.74 Å². The van der Waals surface area contributed by atoms with E-state index in [0.29, 0.717) is 21.8 Å². The number of aromatic nitrogens is 3. The van der Waals surface area contributed by atoms with Crippen LogP contribution in [0.5, 0.6) is 5.75 Å². The van der Waals surface area contributed by atoms with Gasteiger partial charge >= 0.3 is 0 Å². The molecule has 8 heteroatoms. The molecule has 0 atom stereocenters. The Kier molecular flexibility index (Phi) is 4.18. The molecule has 0 saturated heterocycles. The number of ketones is 1. The average Bonchev–Trinajstić information content (AvgIpc) is 3.27. The van der Waals surface area contributed by atoms with Gasteiger partial charge < -0.3 is 4.74 Å². The van der Waals surface area contributed by atoms with Crippen molar-refractivity contribution in [1.82, 2.24) is 14.6 Å². The van der Waals surface area contributed by atoms with Crippen LogP contribution in [0.2, 0.25) is 0 Å².